The van der Waals surface area contributed by atoms with E-state index < -0.39 is 53.4 Å². The normalized spacial score (nSPS) is 19.3. The lowest BCUT2D eigenvalue weighted by molar-refractivity contribution is -0.140. The van der Waals surface area contributed by atoms with Crippen LogP contribution < -0.4 is 20.7 Å². The summed E-state index contributed by atoms with van der Waals surface area (Å²) in [5.74, 6) is -2.88. The van der Waals surface area contributed by atoms with E-state index >= 15 is 0 Å². The average Bonchev–Trinajstić information content (AvgIpc) is 2.76. The number of halogens is 5. The van der Waals surface area contributed by atoms with Gasteiger partial charge in [-0.25, -0.2) is 8.78 Å². The van der Waals surface area contributed by atoms with Gasteiger partial charge < -0.3 is 15.4 Å². The Morgan fingerprint density at radius 2 is 1.91 bits per heavy atom. The molecule has 2 unspecified atom stereocenters. The minimum atomic E-state index is -4.82. The third-order valence-corrected chi connectivity index (χ3v) is 5.53. The van der Waals surface area contributed by atoms with Crippen molar-refractivity contribution in [2.75, 3.05) is 7.11 Å². The molecule has 1 aliphatic heterocycles. The van der Waals surface area contributed by atoms with Gasteiger partial charge in [-0.15, -0.1) is 0 Å². The van der Waals surface area contributed by atoms with E-state index in [-0.39, 0.29) is 30.6 Å². The minimum Gasteiger partial charge on any atom is -0.494 e. The van der Waals surface area contributed by atoms with Crippen LogP contribution >= 0.6 is 0 Å². The maximum atomic E-state index is 14.0. The molecule has 3 N–H and O–H groups in total. The van der Waals surface area contributed by atoms with Crippen molar-refractivity contribution < 1.29 is 36.3 Å². The Labute approximate surface area is 192 Å². The molecule has 1 aliphatic rings. The fraction of sp³-hybridized carbons (Fsp3) is 0.391. The number of benzene rings is 2. The highest BCUT2D eigenvalue weighted by atomic mass is 19.4. The van der Waals surface area contributed by atoms with Gasteiger partial charge in [0.1, 0.15) is 5.82 Å². The molecule has 184 valence electrons. The second kappa shape index (κ2) is 10.4. The third kappa shape index (κ3) is 6.02. The molecule has 3 atom stereocenters. The number of ether oxygens (including phenoxy) is 1. The highest BCUT2D eigenvalue weighted by Crippen LogP contribution is 2.33. The van der Waals surface area contributed by atoms with Gasteiger partial charge in [-0.2, -0.15) is 13.2 Å². The van der Waals surface area contributed by atoms with E-state index in [1.165, 1.54) is 19.2 Å². The molecule has 11 heteroatoms. The summed E-state index contributed by atoms with van der Waals surface area (Å²) in [6.45, 7) is 1.68. The van der Waals surface area contributed by atoms with E-state index in [9.17, 15) is 31.5 Å². The van der Waals surface area contributed by atoms with Gasteiger partial charge in [-0.1, -0.05) is 19.1 Å². The summed E-state index contributed by atoms with van der Waals surface area (Å²) in [6, 6.07) is 5.15. The van der Waals surface area contributed by atoms with E-state index in [1.54, 1.807) is 13.0 Å². The van der Waals surface area contributed by atoms with Crippen LogP contribution in [0.25, 0.3) is 0 Å². The first-order chi connectivity index (χ1) is 16.0. The van der Waals surface area contributed by atoms with Crippen LogP contribution in [0.15, 0.2) is 36.4 Å². The summed E-state index contributed by atoms with van der Waals surface area (Å²) in [4.78, 5) is 25.0. The molecule has 1 saturated heterocycles. The quantitative estimate of drug-likeness (QED) is 0.524. The number of amides is 2. The third-order valence-electron chi connectivity index (χ3n) is 5.53. The summed E-state index contributed by atoms with van der Waals surface area (Å²) in [7, 11) is 1.34. The van der Waals surface area contributed by atoms with Crippen LogP contribution in [-0.2, 0) is 22.2 Å². The lowest BCUT2D eigenvalue weighted by atomic mass is 10.00. The number of rotatable bonds is 7. The summed E-state index contributed by atoms with van der Waals surface area (Å²) in [5.41, 5.74) is -0.656. The van der Waals surface area contributed by atoms with Gasteiger partial charge in [0.05, 0.1) is 37.3 Å². The van der Waals surface area contributed by atoms with Crippen LogP contribution in [0.2, 0.25) is 0 Å². The van der Waals surface area contributed by atoms with Crippen molar-refractivity contribution in [2.24, 2.45) is 0 Å². The maximum Gasteiger partial charge on any atom is 0.419 e. The Morgan fingerprint density at radius 1 is 1.18 bits per heavy atom. The molecular formula is C23H24F5N3O3. The van der Waals surface area contributed by atoms with Crippen LogP contribution in [0.3, 0.4) is 0 Å². The predicted octanol–water partition coefficient (Wildman–Crippen LogP) is 3.61. The monoisotopic (exact) mass is 485 g/mol. The first kappa shape index (κ1) is 25.4. The summed E-state index contributed by atoms with van der Waals surface area (Å²) < 4.78 is 71.3. The number of hydrogen-bond acceptors (Lipinski definition) is 4. The van der Waals surface area contributed by atoms with Crippen molar-refractivity contribution in [1.82, 2.24) is 16.0 Å². The molecule has 2 amide bonds. The molecule has 6 nitrogen and oxygen atoms in total. The van der Waals surface area contributed by atoms with Gasteiger partial charge in [-0.3, -0.25) is 14.9 Å². The number of hydrogen-bond donors (Lipinski definition) is 3. The first-order valence-electron chi connectivity index (χ1n) is 10.6. The Kier molecular flexibility index (Phi) is 7.75. The number of methoxy groups -OCH3 is 1. The molecule has 0 radical (unpaired) electrons. The fourth-order valence-electron chi connectivity index (χ4n) is 3.80. The summed E-state index contributed by atoms with van der Waals surface area (Å²) >= 11 is 0. The second-order valence-corrected chi connectivity index (χ2v) is 7.92. The van der Waals surface area contributed by atoms with E-state index in [0.717, 1.165) is 12.1 Å². The van der Waals surface area contributed by atoms with E-state index in [0.29, 0.717) is 11.6 Å². The van der Waals surface area contributed by atoms with Crippen LogP contribution in [0.4, 0.5) is 22.0 Å². The Morgan fingerprint density at radius 3 is 2.50 bits per heavy atom. The molecule has 0 spiro atoms. The van der Waals surface area contributed by atoms with E-state index in [1.807, 2.05) is 0 Å². The molecule has 1 fully saturated rings. The number of carbonyl (C=O) groups excluding carboxylic acids is 2. The number of nitrogens with one attached hydrogen (secondary N) is 3. The zero-order valence-corrected chi connectivity index (χ0v) is 18.4. The number of carbonyl (C=O) groups is 2. The molecule has 34 heavy (non-hydrogen) atoms. The van der Waals surface area contributed by atoms with E-state index in [4.69, 9.17) is 4.74 Å². The van der Waals surface area contributed by atoms with Gasteiger partial charge in [0.2, 0.25) is 11.8 Å². The van der Waals surface area contributed by atoms with Crippen molar-refractivity contribution in [3.05, 3.63) is 64.7 Å². The molecule has 0 saturated carbocycles. The molecule has 0 aromatic heterocycles. The van der Waals surface area contributed by atoms with Crippen LogP contribution in [-0.4, -0.2) is 31.1 Å². The molecule has 2 aromatic rings. The van der Waals surface area contributed by atoms with Gasteiger partial charge in [0.15, 0.2) is 11.6 Å². The van der Waals surface area contributed by atoms with E-state index in [2.05, 4.69) is 16.0 Å². The molecule has 2 aromatic carbocycles. The van der Waals surface area contributed by atoms with Crippen molar-refractivity contribution in [3.8, 4) is 5.75 Å². The molecular weight excluding hydrogens is 461 g/mol. The lowest BCUT2D eigenvalue weighted by Gasteiger charge is -2.32. The fourth-order valence-corrected chi connectivity index (χ4v) is 3.80. The van der Waals surface area contributed by atoms with Crippen molar-refractivity contribution >= 4 is 11.8 Å². The molecule has 0 bridgehead atoms. The lowest BCUT2D eigenvalue weighted by Crippen LogP contribution is -2.61. The summed E-state index contributed by atoms with van der Waals surface area (Å²) in [5, 5.41) is 8.33. The Balaban J connectivity index is 1.68. The standard InChI is InChI=1S/C23H24F5N3O3/c1-3-17(13-5-6-14(15(24)10-13)23(26,27)28)30-22(33)18-11-21(32)31-20(29-18)9-12-4-7-19(34-2)16(25)8-12/h4-8,10,17-18,20,29H,3,9,11H2,1-2H3,(H,30,33)(H,31,32)/t17-,18?,20?/m1/s1. The zero-order chi connectivity index (χ0) is 25.0. The van der Waals surface area contributed by atoms with Crippen molar-refractivity contribution in [2.45, 2.75) is 50.6 Å². The van der Waals surface area contributed by atoms with Crippen LogP contribution in [0.5, 0.6) is 5.75 Å². The molecule has 0 aliphatic carbocycles. The van der Waals surface area contributed by atoms with Gasteiger partial charge in [0.25, 0.3) is 0 Å². The molecule has 3 rings (SSSR count). The smallest absolute Gasteiger partial charge is 0.419 e. The van der Waals surface area contributed by atoms with Crippen molar-refractivity contribution in [3.63, 3.8) is 0 Å². The minimum absolute atomic E-state index is 0.0759. The Hall–Kier alpha value is -3.21. The molecule has 1 heterocycles. The number of alkyl halides is 3. The maximum absolute atomic E-state index is 14.0. The van der Waals surface area contributed by atoms with Gasteiger partial charge >= 0.3 is 6.18 Å². The highest BCUT2D eigenvalue weighted by Gasteiger charge is 2.35. The van der Waals surface area contributed by atoms with Crippen LogP contribution in [0, 0.1) is 11.6 Å². The Bertz CT molecular complexity index is 1060. The predicted molar refractivity (Wildman–Crippen MR) is 113 cm³/mol. The van der Waals surface area contributed by atoms with Crippen molar-refractivity contribution in [1.29, 1.82) is 0 Å². The zero-order valence-electron chi connectivity index (χ0n) is 18.4. The summed E-state index contributed by atoms with van der Waals surface area (Å²) in [6.07, 6.45) is -5.18. The first-order valence-corrected chi connectivity index (χ1v) is 10.6. The average molecular weight is 485 g/mol. The second-order valence-electron chi connectivity index (χ2n) is 7.92. The van der Waals surface area contributed by atoms with Crippen LogP contribution in [0.1, 0.15) is 42.5 Å². The topological polar surface area (TPSA) is 79.5 Å². The van der Waals surface area contributed by atoms with Gasteiger partial charge in [-0.05, 0) is 41.8 Å². The highest BCUT2D eigenvalue weighted by molar-refractivity contribution is 5.89. The SMILES string of the molecule is CC[C@@H](NC(=O)C1CC(=O)NC(Cc2ccc(OC)c(F)c2)N1)c1ccc(C(F)(F)F)c(F)c1. The van der Waals surface area contributed by atoms with Gasteiger partial charge in [0, 0.05) is 6.42 Å². The largest absolute Gasteiger partial charge is 0.494 e.